The van der Waals surface area contributed by atoms with E-state index in [-0.39, 0.29) is 24.1 Å². The monoisotopic (exact) mass is 280 g/mol. The van der Waals surface area contributed by atoms with Crippen LogP contribution in [-0.4, -0.2) is 35.2 Å². The highest BCUT2D eigenvalue weighted by atomic mass is 16.3. The van der Waals surface area contributed by atoms with Crippen LogP contribution in [0.2, 0.25) is 0 Å². The Morgan fingerprint density at radius 1 is 1.50 bits per heavy atom. The highest BCUT2D eigenvalue weighted by Gasteiger charge is 2.27. The van der Waals surface area contributed by atoms with E-state index in [0.717, 1.165) is 30.9 Å². The van der Waals surface area contributed by atoms with Crippen molar-refractivity contribution in [3.63, 3.8) is 0 Å². The summed E-state index contributed by atoms with van der Waals surface area (Å²) in [4.78, 5) is 14.0. The van der Waals surface area contributed by atoms with Crippen molar-refractivity contribution >= 4 is 6.03 Å². The van der Waals surface area contributed by atoms with Gasteiger partial charge in [-0.2, -0.15) is 0 Å². The van der Waals surface area contributed by atoms with Gasteiger partial charge in [-0.25, -0.2) is 4.79 Å². The third-order valence-corrected chi connectivity index (χ3v) is 3.96. The first-order valence-corrected chi connectivity index (χ1v) is 7.27. The van der Waals surface area contributed by atoms with Gasteiger partial charge in [-0.05, 0) is 45.7 Å². The molecular weight excluding hydrogens is 256 g/mol. The Bertz CT molecular complexity index is 456. The summed E-state index contributed by atoms with van der Waals surface area (Å²) in [6, 6.07) is 3.54. The summed E-state index contributed by atoms with van der Waals surface area (Å²) in [7, 11) is 0. The number of amides is 2. The van der Waals surface area contributed by atoms with E-state index < -0.39 is 0 Å². The van der Waals surface area contributed by atoms with Gasteiger partial charge >= 0.3 is 6.03 Å². The normalized spacial score (nSPS) is 22.4. The zero-order valence-corrected chi connectivity index (χ0v) is 12.4. The second-order valence-corrected chi connectivity index (χ2v) is 5.71. The number of likely N-dealkylation sites (tertiary alicyclic amines) is 1. The minimum atomic E-state index is -0.365. The van der Waals surface area contributed by atoms with Crippen LogP contribution in [0, 0.1) is 12.8 Å². The van der Waals surface area contributed by atoms with Crippen LogP contribution in [0.25, 0.3) is 0 Å². The number of urea groups is 1. The number of furan rings is 1. The second-order valence-electron chi connectivity index (χ2n) is 5.71. The molecule has 1 aliphatic rings. The molecule has 1 aliphatic heterocycles. The number of rotatable bonds is 3. The number of aliphatic hydroxyl groups is 1. The first-order chi connectivity index (χ1) is 9.47. The van der Waals surface area contributed by atoms with Crippen LogP contribution in [0.3, 0.4) is 0 Å². The van der Waals surface area contributed by atoms with Crippen LogP contribution in [0.4, 0.5) is 4.79 Å². The predicted octanol–water partition coefficient (Wildman–Crippen LogP) is 2.45. The molecule has 112 valence electrons. The second kappa shape index (κ2) is 6.31. The van der Waals surface area contributed by atoms with Crippen molar-refractivity contribution in [3.8, 4) is 0 Å². The van der Waals surface area contributed by atoms with E-state index in [0.29, 0.717) is 6.54 Å². The van der Waals surface area contributed by atoms with Gasteiger partial charge in [-0.15, -0.1) is 0 Å². The maximum Gasteiger partial charge on any atom is 0.317 e. The number of aliphatic hydroxyl groups excluding tert-OH is 1. The number of carbonyl (C=O) groups excluding carboxylic acids is 1. The third-order valence-electron chi connectivity index (χ3n) is 3.96. The Hall–Kier alpha value is -1.49. The van der Waals surface area contributed by atoms with Crippen molar-refractivity contribution in [2.24, 2.45) is 5.92 Å². The van der Waals surface area contributed by atoms with Crippen molar-refractivity contribution < 1.29 is 14.3 Å². The number of nitrogens with one attached hydrogen (secondary N) is 1. The van der Waals surface area contributed by atoms with Gasteiger partial charge < -0.3 is 19.7 Å². The summed E-state index contributed by atoms with van der Waals surface area (Å²) in [5.41, 5.74) is 0. The molecule has 0 aliphatic carbocycles. The maximum absolute atomic E-state index is 12.2. The summed E-state index contributed by atoms with van der Waals surface area (Å²) in [6.07, 6.45) is 1.56. The van der Waals surface area contributed by atoms with E-state index >= 15 is 0 Å². The molecule has 1 saturated heterocycles. The molecule has 1 aromatic heterocycles. The van der Waals surface area contributed by atoms with Gasteiger partial charge in [0, 0.05) is 19.0 Å². The summed E-state index contributed by atoms with van der Waals surface area (Å²) < 4.78 is 5.52. The predicted molar refractivity (Wildman–Crippen MR) is 76.4 cm³/mol. The minimum Gasteiger partial charge on any atom is -0.464 e. The van der Waals surface area contributed by atoms with Gasteiger partial charge in [0.2, 0.25) is 0 Å². The SMILES string of the molecule is Cc1ccc(C(C)NC(=O)N2CCCC(C(C)O)C2)o1. The molecule has 0 bridgehead atoms. The Morgan fingerprint density at radius 2 is 2.25 bits per heavy atom. The first-order valence-electron chi connectivity index (χ1n) is 7.27. The smallest absolute Gasteiger partial charge is 0.317 e. The molecule has 0 saturated carbocycles. The molecular formula is C15H24N2O3. The summed E-state index contributed by atoms with van der Waals surface area (Å²) in [6.45, 7) is 6.95. The topological polar surface area (TPSA) is 65.7 Å². The van der Waals surface area contributed by atoms with Gasteiger partial charge in [0.05, 0.1) is 12.1 Å². The zero-order valence-electron chi connectivity index (χ0n) is 12.4. The van der Waals surface area contributed by atoms with Crippen molar-refractivity contribution in [2.45, 2.75) is 45.8 Å². The Balaban J connectivity index is 1.91. The lowest BCUT2D eigenvalue weighted by atomic mass is 9.94. The van der Waals surface area contributed by atoms with E-state index in [1.807, 2.05) is 26.0 Å². The van der Waals surface area contributed by atoms with Crippen molar-refractivity contribution in [2.75, 3.05) is 13.1 Å². The summed E-state index contributed by atoms with van der Waals surface area (Å²) in [5, 5.41) is 12.6. The molecule has 20 heavy (non-hydrogen) atoms. The van der Waals surface area contributed by atoms with Gasteiger partial charge in [-0.1, -0.05) is 0 Å². The standard InChI is InChI=1S/C15H24N2O3/c1-10-6-7-14(20-10)11(2)16-15(19)17-8-4-5-13(9-17)12(3)18/h6-7,11-13,18H,4-5,8-9H2,1-3H3,(H,16,19). The fourth-order valence-electron chi connectivity index (χ4n) is 2.62. The molecule has 1 aromatic rings. The molecule has 3 unspecified atom stereocenters. The molecule has 2 amide bonds. The third kappa shape index (κ3) is 3.54. The van der Waals surface area contributed by atoms with Crippen molar-refractivity contribution in [1.82, 2.24) is 10.2 Å². The molecule has 5 nitrogen and oxygen atoms in total. The number of nitrogens with zero attached hydrogens (tertiary/aromatic N) is 1. The maximum atomic E-state index is 12.2. The fraction of sp³-hybridized carbons (Fsp3) is 0.667. The molecule has 0 radical (unpaired) electrons. The zero-order chi connectivity index (χ0) is 14.7. The number of hydrogen-bond donors (Lipinski definition) is 2. The lowest BCUT2D eigenvalue weighted by Crippen LogP contribution is -2.47. The largest absolute Gasteiger partial charge is 0.464 e. The molecule has 2 N–H and O–H groups in total. The first kappa shape index (κ1) is 14.9. The molecule has 2 rings (SSSR count). The van der Waals surface area contributed by atoms with E-state index in [9.17, 15) is 9.90 Å². The van der Waals surface area contributed by atoms with Gasteiger partial charge in [0.25, 0.3) is 0 Å². The van der Waals surface area contributed by atoms with Crippen LogP contribution in [0.5, 0.6) is 0 Å². The van der Waals surface area contributed by atoms with Crippen molar-refractivity contribution in [1.29, 1.82) is 0 Å². The Morgan fingerprint density at radius 3 is 2.85 bits per heavy atom. The van der Waals surface area contributed by atoms with E-state index in [4.69, 9.17) is 4.42 Å². The average Bonchev–Trinajstić information content (AvgIpc) is 2.85. The van der Waals surface area contributed by atoms with Crippen LogP contribution in [-0.2, 0) is 0 Å². The highest BCUT2D eigenvalue weighted by molar-refractivity contribution is 5.74. The van der Waals surface area contributed by atoms with Crippen LogP contribution in [0.15, 0.2) is 16.5 Å². The summed E-state index contributed by atoms with van der Waals surface area (Å²) in [5.74, 6) is 1.78. The molecule has 0 spiro atoms. The average molecular weight is 280 g/mol. The number of aryl methyl sites for hydroxylation is 1. The van der Waals surface area contributed by atoms with Crippen LogP contribution in [0.1, 0.15) is 44.3 Å². The fourth-order valence-corrected chi connectivity index (χ4v) is 2.62. The van der Waals surface area contributed by atoms with E-state index in [1.165, 1.54) is 0 Å². The van der Waals surface area contributed by atoms with Crippen LogP contribution >= 0.6 is 0 Å². The lowest BCUT2D eigenvalue weighted by molar-refractivity contribution is 0.0732. The van der Waals surface area contributed by atoms with Crippen molar-refractivity contribution in [3.05, 3.63) is 23.7 Å². The van der Waals surface area contributed by atoms with Crippen LogP contribution < -0.4 is 5.32 Å². The molecule has 5 heteroatoms. The summed E-state index contributed by atoms with van der Waals surface area (Å²) >= 11 is 0. The minimum absolute atomic E-state index is 0.0862. The lowest BCUT2D eigenvalue weighted by Gasteiger charge is -2.34. The number of carbonyl (C=O) groups is 1. The molecule has 1 fully saturated rings. The number of hydrogen-bond acceptors (Lipinski definition) is 3. The van der Waals surface area contributed by atoms with E-state index in [2.05, 4.69) is 5.32 Å². The number of piperidine rings is 1. The molecule has 2 heterocycles. The quantitative estimate of drug-likeness (QED) is 0.893. The Labute approximate surface area is 119 Å². The molecule has 0 aromatic carbocycles. The Kier molecular flexibility index (Phi) is 4.70. The van der Waals surface area contributed by atoms with Gasteiger partial charge in [0.15, 0.2) is 0 Å². The van der Waals surface area contributed by atoms with E-state index in [1.54, 1.807) is 11.8 Å². The van der Waals surface area contributed by atoms with Gasteiger partial charge in [-0.3, -0.25) is 0 Å². The highest BCUT2D eigenvalue weighted by Crippen LogP contribution is 2.21. The van der Waals surface area contributed by atoms with Gasteiger partial charge in [0.1, 0.15) is 11.5 Å². The molecule has 3 atom stereocenters.